The first kappa shape index (κ1) is 12.0. The van der Waals surface area contributed by atoms with Crippen LogP contribution in [0.2, 0.25) is 0 Å². The van der Waals surface area contributed by atoms with Crippen molar-refractivity contribution in [3.63, 3.8) is 0 Å². The minimum absolute atomic E-state index is 0.237. The topological polar surface area (TPSA) is 20.2 Å². The molecule has 0 radical (unpaired) electrons. The average Bonchev–Trinajstić information content (AvgIpc) is 2.13. The molecule has 4 rings (SSSR count). The first-order chi connectivity index (χ1) is 7.76. The molecule has 1 heteroatoms. The summed E-state index contributed by atoms with van der Waals surface area (Å²) < 4.78 is 0. The van der Waals surface area contributed by atoms with Crippen molar-refractivity contribution in [2.75, 3.05) is 0 Å². The van der Waals surface area contributed by atoms with E-state index in [2.05, 4.69) is 27.7 Å². The molecule has 17 heavy (non-hydrogen) atoms. The van der Waals surface area contributed by atoms with E-state index in [0.717, 1.165) is 17.8 Å². The smallest absolute Gasteiger partial charge is 0.0648 e. The first-order valence-electron chi connectivity index (χ1n) is 7.49. The van der Waals surface area contributed by atoms with Gasteiger partial charge in [-0.1, -0.05) is 13.8 Å². The molecule has 0 saturated heterocycles. The van der Waals surface area contributed by atoms with E-state index in [-0.39, 0.29) is 5.41 Å². The number of hydrogen-bond donors (Lipinski definition) is 1. The summed E-state index contributed by atoms with van der Waals surface area (Å²) in [5, 5.41) is 10.7. The lowest BCUT2D eigenvalue weighted by atomic mass is 9.39. The third-order valence-electron chi connectivity index (χ3n) is 6.63. The van der Waals surface area contributed by atoms with Gasteiger partial charge in [0.2, 0.25) is 0 Å². The molecule has 1 nitrogen and oxygen atoms in total. The van der Waals surface area contributed by atoms with Gasteiger partial charge in [0.05, 0.1) is 5.60 Å². The summed E-state index contributed by atoms with van der Waals surface area (Å²) in [5.74, 6) is 2.60. The van der Waals surface area contributed by atoms with Crippen LogP contribution in [-0.2, 0) is 0 Å². The minimum atomic E-state index is -0.481. The van der Waals surface area contributed by atoms with Gasteiger partial charge in [0.1, 0.15) is 0 Å². The van der Waals surface area contributed by atoms with E-state index in [1.807, 2.05) is 0 Å². The fraction of sp³-hybridized carbons (Fsp3) is 1.00. The van der Waals surface area contributed by atoms with Gasteiger partial charge in [0.15, 0.2) is 0 Å². The molecular formula is C16H28O. The Morgan fingerprint density at radius 1 is 1.06 bits per heavy atom. The number of rotatable bonds is 2. The highest BCUT2D eigenvalue weighted by molar-refractivity contribution is 5.12. The van der Waals surface area contributed by atoms with Gasteiger partial charge >= 0.3 is 0 Å². The molecule has 4 aliphatic carbocycles. The second-order valence-corrected chi connectivity index (χ2v) is 8.32. The molecule has 4 saturated carbocycles. The molecule has 0 aromatic rings. The second-order valence-electron chi connectivity index (χ2n) is 8.32. The van der Waals surface area contributed by atoms with E-state index in [1.165, 1.54) is 38.5 Å². The van der Waals surface area contributed by atoms with Crippen molar-refractivity contribution in [1.82, 2.24) is 0 Å². The lowest BCUT2D eigenvalue weighted by molar-refractivity contribution is -0.203. The van der Waals surface area contributed by atoms with Crippen LogP contribution < -0.4 is 0 Å². The molecule has 4 aliphatic rings. The zero-order valence-corrected chi connectivity index (χ0v) is 11.9. The molecule has 2 unspecified atom stereocenters. The summed E-state index contributed by atoms with van der Waals surface area (Å²) in [7, 11) is 0. The van der Waals surface area contributed by atoms with Gasteiger partial charge in [-0.25, -0.2) is 0 Å². The molecule has 0 amide bonds. The highest BCUT2D eigenvalue weighted by atomic mass is 16.3. The zero-order chi connectivity index (χ0) is 12.5. The molecule has 0 aliphatic heterocycles. The van der Waals surface area contributed by atoms with Gasteiger partial charge in [0, 0.05) is 0 Å². The molecule has 1 N–H and O–H groups in total. The minimum Gasteiger partial charge on any atom is -0.390 e. The van der Waals surface area contributed by atoms with Crippen molar-refractivity contribution < 1.29 is 5.11 Å². The zero-order valence-electron chi connectivity index (χ0n) is 11.9. The van der Waals surface area contributed by atoms with Crippen molar-refractivity contribution in [3.8, 4) is 0 Å². The molecule has 4 atom stereocenters. The Balaban J connectivity index is 2.00. The van der Waals surface area contributed by atoms with E-state index in [9.17, 15) is 5.11 Å². The predicted molar refractivity (Wildman–Crippen MR) is 70.7 cm³/mol. The summed E-state index contributed by atoms with van der Waals surface area (Å²) in [6.07, 6.45) is 8.21. The summed E-state index contributed by atoms with van der Waals surface area (Å²) in [4.78, 5) is 0. The molecule has 0 aromatic carbocycles. The quantitative estimate of drug-likeness (QED) is 0.768. The van der Waals surface area contributed by atoms with E-state index in [4.69, 9.17) is 0 Å². The van der Waals surface area contributed by atoms with E-state index < -0.39 is 5.60 Å². The van der Waals surface area contributed by atoms with Crippen LogP contribution in [-0.4, -0.2) is 10.7 Å². The highest BCUT2D eigenvalue weighted by Gasteiger charge is 2.62. The standard InChI is InChI=1S/C16H28O/c1-11(2)15-6-12-5-13(7-15)9-16(8-12,10-15)14(3,4)17/h11-13,17H,5-10H2,1-4H3/t12-,13+,15?,16?. The van der Waals surface area contributed by atoms with Gasteiger partial charge in [0.25, 0.3) is 0 Å². The van der Waals surface area contributed by atoms with Crippen LogP contribution in [0.4, 0.5) is 0 Å². The van der Waals surface area contributed by atoms with Gasteiger partial charge in [-0.3, -0.25) is 0 Å². The van der Waals surface area contributed by atoms with Gasteiger partial charge in [-0.05, 0) is 81.0 Å². The van der Waals surface area contributed by atoms with Crippen LogP contribution >= 0.6 is 0 Å². The Morgan fingerprint density at radius 3 is 2.00 bits per heavy atom. The Hall–Kier alpha value is -0.0400. The van der Waals surface area contributed by atoms with Gasteiger partial charge in [-0.15, -0.1) is 0 Å². The average molecular weight is 236 g/mol. The predicted octanol–water partition coefficient (Wildman–Crippen LogP) is 4.00. The van der Waals surface area contributed by atoms with Crippen molar-refractivity contribution in [2.45, 2.75) is 71.8 Å². The normalized spacial score (nSPS) is 49.1. The van der Waals surface area contributed by atoms with Crippen LogP contribution in [0.3, 0.4) is 0 Å². The maximum absolute atomic E-state index is 10.7. The number of aliphatic hydroxyl groups is 1. The Kier molecular flexibility index (Phi) is 2.32. The van der Waals surface area contributed by atoms with Crippen molar-refractivity contribution in [2.24, 2.45) is 28.6 Å². The van der Waals surface area contributed by atoms with Crippen LogP contribution in [0.1, 0.15) is 66.2 Å². The van der Waals surface area contributed by atoms with E-state index in [1.54, 1.807) is 0 Å². The lowest BCUT2D eigenvalue weighted by Crippen LogP contribution is -2.60. The Labute approximate surface area is 106 Å². The third-order valence-corrected chi connectivity index (χ3v) is 6.63. The van der Waals surface area contributed by atoms with Gasteiger partial charge in [-0.2, -0.15) is 0 Å². The van der Waals surface area contributed by atoms with Crippen molar-refractivity contribution in [3.05, 3.63) is 0 Å². The summed E-state index contributed by atoms with van der Waals surface area (Å²) in [5.41, 5.74) is 0.316. The highest BCUT2D eigenvalue weighted by Crippen LogP contribution is 2.69. The number of hydrogen-bond acceptors (Lipinski definition) is 1. The SMILES string of the molecule is CC(C)C12C[C@H]3C[C@@H](C1)CC(C(C)(C)O)(C3)C2. The van der Waals surface area contributed by atoms with Crippen LogP contribution in [0.15, 0.2) is 0 Å². The first-order valence-corrected chi connectivity index (χ1v) is 7.49. The molecule has 98 valence electrons. The third kappa shape index (κ3) is 1.54. The van der Waals surface area contributed by atoms with Crippen LogP contribution in [0, 0.1) is 28.6 Å². The molecule has 0 aromatic heterocycles. The summed E-state index contributed by atoms with van der Waals surface area (Å²) >= 11 is 0. The van der Waals surface area contributed by atoms with Crippen LogP contribution in [0.25, 0.3) is 0 Å². The molecular weight excluding hydrogens is 208 g/mol. The maximum Gasteiger partial charge on any atom is 0.0648 e. The van der Waals surface area contributed by atoms with Crippen LogP contribution in [0.5, 0.6) is 0 Å². The fourth-order valence-corrected chi connectivity index (χ4v) is 5.72. The fourth-order valence-electron chi connectivity index (χ4n) is 5.72. The molecule has 0 spiro atoms. The second kappa shape index (κ2) is 3.29. The van der Waals surface area contributed by atoms with Crippen molar-refractivity contribution in [1.29, 1.82) is 0 Å². The summed E-state index contributed by atoms with van der Waals surface area (Å²) in [6, 6.07) is 0. The van der Waals surface area contributed by atoms with E-state index >= 15 is 0 Å². The van der Waals surface area contributed by atoms with Gasteiger partial charge < -0.3 is 5.11 Å². The maximum atomic E-state index is 10.7. The molecule has 0 heterocycles. The molecule has 4 fully saturated rings. The Morgan fingerprint density at radius 2 is 1.59 bits per heavy atom. The monoisotopic (exact) mass is 236 g/mol. The largest absolute Gasteiger partial charge is 0.390 e. The summed E-state index contributed by atoms with van der Waals surface area (Å²) in [6.45, 7) is 8.94. The lowest BCUT2D eigenvalue weighted by Gasteiger charge is -2.66. The molecule has 4 bridgehead atoms. The van der Waals surface area contributed by atoms with E-state index in [0.29, 0.717) is 5.41 Å². The van der Waals surface area contributed by atoms with Crippen molar-refractivity contribution >= 4 is 0 Å². The Bertz CT molecular complexity index is 309.